The number of nitrogens with two attached hydrogens (primary N) is 1. The molecule has 0 unspecified atom stereocenters. The van der Waals surface area contributed by atoms with E-state index in [4.69, 9.17) is 21.8 Å². The fourth-order valence-corrected chi connectivity index (χ4v) is 1.60. The monoisotopic (exact) mass is 281 g/mol. The van der Waals surface area contributed by atoms with Gasteiger partial charge in [-0.3, -0.25) is 10.2 Å². The predicted octanol–water partition coefficient (Wildman–Crippen LogP) is 1.61. The van der Waals surface area contributed by atoms with Gasteiger partial charge < -0.3 is 10.2 Å². The Balaban J connectivity index is 2.43. The van der Waals surface area contributed by atoms with E-state index in [0.717, 1.165) is 0 Å². The summed E-state index contributed by atoms with van der Waals surface area (Å²) in [6.07, 6.45) is 1.31. The smallest absolute Gasteiger partial charge is 0.193 e. The largest absolute Gasteiger partial charge is 0.455 e. The fraction of sp³-hybridized carbons (Fsp3) is 0. The molecule has 2 rings (SSSR count). The standard InChI is InChI=1S/C11H8ClN3O2S/c12-6-1-2-10-8(3-6)9(16)4-7(17-10)5-14-15-11(13)18/h1-5H,(H3,13,15,18). The van der Waals surface area contributed by atoms with Crippen molar-refractivity contribution in [3.05, 3.63) is 45.3 Å². The van der Waals surface area contributed by atoms with Gasteiger partial charge in [-0.25, -0.2) is 0 Å². The molecule has 0 radical (unpaired) electrons. The van der Waals surface area contributed by atoms with Gasteiger partial charge in [0.2, 0.25) is 0 Å². The number of benzene rings is 1. The molecule has 1 aromatic heterocycles. The Bertz CT molecular complexity index is 696. The maximum absolute atomic E-state index is 11.8. The number of hydrogen-bond acceptors (Lipinski definition) is 4. The molecule has 0 saturated carbocycles. The van der Waals surface area contributed by atoms with E-state index in [1.54, 1.807) is 18.2 Å². The van der Waals surface area contributed by atoms with Gasteiger partial charge in [0.05, 0.1) is 11.6 Å². The average Bonchev–Trinajstić information content (AvgIpc) is 2.30. The molecule has 0 aliphatic heterocycles. The Morgan fingerprint density at radius 1 is 1.50 bits per heavy atom. The summed E-state index contributed by atoms with van der Waals surface area (Å²) in [7, 11) is 0. The lowest BCUT2D eigenvalue weighted by Crippen LogP contribution is -2.24. The van der Waals surface area contributed by atoms with Gasteiger partial charge in [0.25, 0.3) is 0 Å². The van der Waals surface area contributed by atoms with Crippen LogP contribution in [0.5, 0.6) is 0 Å². The van der Waals surface area contributed by atoms with Crippen LogP contribution in [0.3, 0.4) is 0 Å². The van der Waals surface area contributed by atoms with Crippen LogP contribution < -0.4 is 16.6 Å². The SMILES string of the molecule is NC(=S)NN=Cc1cc(=O)c2cc(Cl)ccc2o1. The lowest BCUT2D eigenvalue weighted by atomic mass is 10.2. The van der Waals surface area contributed by atoms with E-state index in [0.29, 0.717) is 21.8 Å². The van der Waals surface area contributed by atoms with E-state index < -0.39 is 0 Å². The molecule has 0 bridgehead atoms. The molecular formula is C11H8ClN3O2S. The van der Waals surface area contributed by atoms with Crippen LogP contribution in [0.15, 0.2) is 38.6 Å². The van der Waals surface area contributed by atoms with Crippen molar-refractivity contribution < 1.29 is 4.42 Å². The van der Waals surface area contributed by atoms with Crippen LogP contribution in [0, 0.1) is 0 Å². The minimum absolute atomic E-state index is 0.0289. The first kappa shape index (κ1) is 12.5. The first-order valence-corrected chi connectivity index (χ1v) is 5.67. The third-order valence-corrected chi connectivity index (χ3v) is 2.40. The van der Waals surface area contributed by atoms with Gasteiger partial charge >= 0.3 is 0 Å². The molecule has 0 aliphatic carbocycles. The van der Waals surface area contributed by atoms with E-state index in [1.165, 1.54) is 12.3 Å². The zero-order chi connectivity index (χ0) is 13.1. The number of hydrazone groups is 1. The van der Waals surface area contributed by atoms with Crippen molar-refractivity contribution in [2.45, 2.75) is 0 Å². The molecule has 0 saturated heterocycles. The second-order valence-electron chi connectivity index (χ2n) is 3.39. The highest BCUT2D eigenvalue weighted by Gasteiger charge is 2.03. The first-order valence-electron chi connectivity index (χ1n) is 4.88. The summed E-state index contributed by atoms with van der Waals surface area (Å²) in [4.78, 5) is 11.8. The van der Waals surface area contributed by atoms with Gasteiger partial charge in [-0.1, -0.05) is 11.6 Å². The molecule has 5 nitrogen and oxygen atoms in total. The highest BCUT2D eigenvalue weighted by atomic mass is 35.5. The summed E-state index contributed by atoms with van der Waals surface area (Å²) in [6, 6.07) is 6.12. The van der Waals surface area contributed by atoms with Crippen LogP contribution in [-0.4, -0.2) is 11.3 Å². The quantitative estimate of drug-likeness (QED) is 0.497. The first-order chi connectivity index (χ1) is 8.56. The summed E-state index contributed by atoms with van der Waals surface area (Å²) < 4.78 is 5.45. The van der Waals surface area contributed by atoms with E-state index in [-0.39, 0.29) is 10.5 Å². The molecule has 92 valence electrons. The lowest BCUT2D eigenvalue weighted by Gasteiger charge is -1.99. The Kier molecular flexibility index (Phi) is 3.59. The second-order valence-corrected chi connectivity index (χ2v) is 4.26. The van der Waals surface area contributed by atoms with Gasteiger partial charge in [0.1, 0.15) is 5.58 Å². The topological polar surface area (TPSA) is 80.6 Å². The number of nitrogens with zero attached hydrogens (tertiary/aromatic N) is 1. The van der Waals surface area contributed by atoms with Gasteiger partial charge in [0.15, 0.2) is 16.3 Å². The Hall–Kier alpha value is -1.92. The minimum atomic E-state index is -0.199. The van der Waals surface area contributed by atoms with Gasteiger partial charge in [0, 0.05) is 11.1 Å². The summed E-state index contributed by atoms with van der Waals surface area (Å²) in [6.45, 7) is 0. The third kappa shape index (κ3) is 2.85. The number of fused-ring (bicyclic) bond motifs is 1. The van der Waals surface area contributed by atoms with Crippen molar-refractivity contribution in [1.82, 2.24) is 5.43 Å². The molecule has 1 heterocycles. The van der Waals surface area contributed by atoms with Crippen LogP contribution >= 0.6 is 23.8 Å². The third-order valence-electron chi connectivity index (χ3n) is 2.07. The maximum Gasteiger partial charge on any atom is 0.193 e. The molecule has 2 aromatic rings. The van der Waals surface area contributed by atoms with Gasteiger partial charge in [-0.05, 0) is 30.4 Å². The molecule has 3 N–H and O–H groups in total. The van der Waals surface area contributed by atoms with Gasteiger partial charge in [-0.15, -0.1) is 0 Å². The number of halogens is 1. The summed E-state index contributed by atoms with van der Waals surface area (Å²) in [5, 5.41) is 4.63. The summed E-state index contributed by atoms with van der Waals surface area (Å²) in [5.41, 5.74) is 7.79. The molecule has 0 spiro atoms. The molecular weight excluding hydrogens is 274 g/mol. The molecule has 7 heteroatoms. The molecule has 0 aliphatic rings. The van der Waals surface area contributed by atoms with Crippen molar-refractivity contribution >= 4 is 46.1 Å². The van der Waals surface area contributed by atoms with Gasteiger partial charge in [-0.2, -0.15) is 5.10 Å². The lowest BCUT2D eigenvalue weighted by molar-refractivity contribution is 0.594. The molecule has 18 heavy (non-hydrogen) atoms. The number of rotatable bonds is 2. The molecule has 0 fully saturated rings. The van der Waals surface area contributed by atoms with E-state index in [1.807, 2.05) is 0 Å². The molecule has 1 aromatic carbocycles. The predicted molar refractivity (Wildman–Crippen MR) is 75.0 cm³/mol. The Morgan fingerprint density at radius 3 is 3.00 bits per heavy atom. The van der Waals surface area contributed by atoms with Crippen molar-refractivity contribution in [2.24, 2.45) is 10.8 Å². The van der Waals surface area contributed by atoms with Crippen LogP contribution in [0.25, 0.3) is 11.0 Å². The highest BCUT2D eigenvalue weighted by molar-refractivity contribution is 7.80. The van der Waals surface area contributed by atoms with E-state index in [9.17, 15) is 4.79 Å². The number of nitrogens with one attached hydrogen (secondary N) is 1. The Labute approximate surface area is 112 Å². The zero-order valence-electron chi connectivity index (χ0n) is 9.01. The van der Waals surface area contributed by atoms with Crippen LogP contribution in [-0.2, 0) is 0 Å². The van der Waals surface area contributed by atoms with Crippen molar-refractivity contribution in [3.63, 3.8) is 0 Å². The maximum atomic E-state index is 11.8. The normalized spacial score (nSPS) is 10.9. The van der Waals surface area contributed by atoms with Crippen LogP contribution in [0.2, 0.25) is 5.02 Å². The fourth-order valence-electron chi connectivity index (χ4n) is 1.37. The van der Waals surface area contributed by atoms with E-state index >= 15 is 0 Å². The van der Waals surface area contributed by atoms with Crippen LogP contribution in [0.1, 0.15) is 5.76 Å². The molecule has 0 amide bonds. The Morgan fingerprint density at radius 2 is 2.28 bits per heavy atom. The van der Waals surface area contributed by atoms with Crippen molar-refractivity contribution in [1.29, 1.82) is 0 Å². The second kappa shape index (κ2) is 5.16. The van der Waals surface area contributed by atoms with E-state index in [2.05, 4.69) is 22.7 Å². The summed E-state index contributed by atoms with van der Waals surface area (Å²) >= 11 is 10.4. The minimum Gasteiger partial charge on any atom is -0.455 e. The van der Waals surface area contributed by atoms with Crippen molar-refractivity contribution in [2.75, 3.05) is 0 Å². The number of hydrogen-bond donors (Lipinski definition) is 2. The molecule has 0 atom stereocenters. The van der Waals surface area contributed by atoms with Crippen LogP contribution in [0.4, 0.5) is 0 Å². The average molecular weight is 282 g/mol. The number of thiocarbonyl (C=S) groups is 1. The zero-order valence-corrected chi connectivity index (χ0v) is 10.6. The van der Waals surface area contributed by atoms with Crippen molar-refractivity contribution in [3.8, 4) is 0 Å². The highest BCUT2D eigenvalue weighted by Crippen LogP contribution is 2.16. The summed E-state index contributed by atoms with van der Waals surface area (Å²) in [5.74, 6) is 0.290.